The van der Waals surface area contributed by atoms with Crippen LogP contribution in [0.5, 0.6) is 0 Å². The van der Waals surface area contributed by atoms with Crippen LogP contribution in [-0.4, -0.2) is 29.3 Å². The van der Waals surface area contributed by atoms with E-state index < -0.39 is 6.04 Å². The molecule has 0 heterocycles. The van der Waals surface area contributed by atoms with Crippen LogP contribution in [0.1, 0.15) is 43.4 Å². The van der Waals surface area contributed by atoms with Crippen LogP contribution in [-0.2, 0) is 22.6 Å². The molecule has 0 aliphatic rings. The highest BCUT2D eigenvalue weighted by molar-refractivity contribution is 6.30. The van der Waals surface area contributed by atoms with Gasteiger partial charge in [0.25, 0.3) is 0 Å². The number of hydrogen-bond acceptors (Lipinski definition) is 2. The standard InChI is InChI=1S/C23H29ClN2O2/c1-4-5-14-25-23(28)18(3)26(16-19-10-12-21(24)13-11-19)22(27)15-20-9-7-6-8-17(20)2/h6-13,18H,4-5,14-16H2,1-3H3,(H,25,28). The molecule has 0 saturated heterocycles. The molecule has 28 heavy (non-hydrogen) atoms. The second-order valence-corrected chi connectivity index (χ2v) is 7.51. The van der Waals surface area contributed by atoms with Crippen LogP contribution in [0, 0.1) is 6.92 Å². The maximum Gasteiger partial charge on any atom is 0.242 e. The zero-order valence-corrected chi connectivity index (χ0v) is 17.6. The van der Waals surface area contributed by atoms with E-state index in [1.165, 1.54) is 0 Å². The lowest BCUT2D eigenvalue weighted by Crippen LogP contribution is -2.48. The van der Waals surface area contributed by atoms with Crippen molar-refractivity contribution < 1.29 is 9.59 Å². The number of halogens is 1. The molecule has 2 rings (SSSR count). The number of hydrogen-bond donors (Lipinski definition) is 1. The third-order valence-corrected chi connectivity index (χ3v) is 5.12. The van der Waals surface area contributed by atoms with Gasteiger partial charge in [-0.25, -0.2) is 0 Å². The number of nitrogens with one attached hydrogen (secondary N) is 1. The third-order valence-electron chi connectivity index (χ3n) is 4.87. The van der Waals surface area contributed by atoms with Gasteiger partial charge in [-0.15, -0.1) is 0 Å². The molecule has 0 saturated carbocycles. The first-order valence-corrected chi connectivity index (χ1v) is 10.2. The predicted octanol–water partition coefficient (Wildman–Crippen LogP) is 4.52. The summed E-state index contributed by atoms with van der Waals surface area (Å²) in [5.41, 5.74) is 2.99. The summed E-state index contributed by atoms with van der Waals surface area (Å²) < 4.78 is 0. The highest BCUT2D eigenvalue weighted by atomic mass is 35.5. The van der Waals surface area contributed by atoms with Crippen molar-refractivity contribution in [2.45, 2.75) is 52.6 Å². The van der Waals surface area contributed by atoms with Gasteiger partial charge in [-0.05, 0) is 49.1 Å². The predicted molar refractivity (Wildman–Crippen MR) is 114 cm³/mol. The summed E-state index contributed by atoms with van der Waals surface area (Å²) in [4.78, 5) is 27.4. The Bertz CT molecular complexity index is 789. The highest BCUT2D eigenvalue weighted by Crippen LogP contribution is 2.16. The average Bonchev–Trinajstić information content (AvgIpc) is 2.68. The molecule has 0 spiro atoms. The summed E-state index contributed by atoms with van der Waals surface area (Å²) in [5, 5.41) is 3.58. The summed E-state index contributed by atoms with van der Waals surface area (Å²) >= 11 is 5.97. The molecule has 1 N–H and O–H groups in total. The Morgan fingerprint density at radius 3 is 2.43 bits per heavy atom. The van der Waals surface area contributed by atoms with Crippen LogP contribution in [0.15, 0.2) is 48.5 Å². The Morgan fingerprint density at radius 1 is 1.11 bits per heavy atom. The molecular formula is C23H29ClN2O2. The first-order valence-electron chi connectivity index (χ1n) is 9.78. The number of amides is 2. The first kappa shape index (κ1) is 22.0. The quantitative estimate of drug-likeness (QED) is 0.629. The van der Waals surface area contributed by atoms with Crippen LogP contribution in [0.25, 0.3) is 0 Å². The SMILES string of the molecule is CCCCNC(=O)C(C)N(Cc1ccc(Cl)cc1)C(=O)Cc1ccccc1C. The van der Waals surface area contributed by atoms with Crippen molar-refractivity contribution in [3.63, 3.8) is 0 Å². The van der Waals surface area contributed by atoms with E-state index >= 15 is 0 Å². The van der Waals surface area contributed by atoms with Crippen molar-refractivity contribution in [3.05, 3.63) is 70.2 Å². The van der Waals surface area contributed by atoms with E-state index in [-0.39, 0.29) is 18.2 Å². The van der Waals surface area contributed by atoms with Crippen molar-refractivity contribution in [3.8, 4) is 0 Å². The molecule has 2 aromatic carbocycles. The Morgan fingerprint density at radius 2 is 1.79 bits per heavy atom. The van der Waals surface area contributed by atoms with Crippen LogP contribution in [0.2, 0.25) is 5.02 Å². The molecule has 1 unspecified atom stereocenters. The van der Waals surface area contributed by atoms with Gasteiger partial charge in [-0.2, -0.15) is 0 Å². The zero-order chi connectivity index (χ0) is 20.5. The van der Waals surface area contributed by atoms with Gasteiger partial charge in [0, 0.05) is 18.1 Å². The summed E-state index contributed by atoms with van der Waals surface area (Å²) in [6.45, 7) is 6.85. The number of unbranched alkanes of at least 4 members (excludes halogenated alkanes) is 1. The van der Waals surface area contributed by atoms with Gasteiger partial charge >= 0.3 is 0 Å². The second kappa shape index (κ2) is 10.9. The molecule has 0 radical (unpaired) electrons. The Kier molecular flexibility index (Phi) is 8.52. The lowest BCUT2D eigenvalue weighted by molar-refractivity contribution is -0.140. The number of rotatable bonds is 9. The summed E-state index contributed by atoms with van der Waals surface area (Å²) in [5.74, 6) is -0.192. The van der Waals surface area contributed by atoms with E-state index in [1.54, 1.807) is 24.0 Å². The Hall–Kier alpha value is -2.33. The van der Waals surface area contributed by atoms with Gasteiger partial charge in [0.05, 0.1) is 6.42 Å². The number of carbonyl (C=O) groups excluding carboxylic acids is 2. The van der Waals surface area contributed by atoms with Crippen molar-refractivity contribution in [2.24, 2.45) is 0 Å². The zero-order valence-electron chi connectivity index (χ0n) is 16.9. The fraction of sp³-hybridized carbons (Fsp3) is 0.391. The van der Waals surface area contributed by atoms with Gasteiger partial charge in [0.15, 0.2) is 0 Å². The molecule has 0 aliphatic carbocycles. The smallest absolute Gasteiger partial charge is 0.242 e. The molecule has 2 amide bonds. The molecule has 0 bridgehead atoms. The van der Waals surface area contributed by atoms with Gasteiger partial charge in [-0.3, -0.25) is 9.59 Å². The maximum atomic E-state index is 13.1. The van der Waals surface area contributed by atoms with Crippen LogP contribution < -0.4 is 5.32 Å². The maximum absolute atomic E-state index is 13.1. The molecular weight excluding hydrogens is 372 g/mol. The Balaban J connectivity index is 2.18. The van der Waals surface area contributed by atoms with E-state index in [9.17, 15) is 9.59 Å². The summed E-state index contributed by atoms with van der Waals surface area (Å²) in [7, 11) is 0. The van der Waals surface area contributed by atoms with E-state index in [4.69, 9.17) is 11.6 Å². The van der Waals surface area contributed by atoms with E-state index in [0.717, 1.165) is 29.5 Å². The number of carbonyl (C=O) groups is 2. The average molecular weight is 401 g/mol. The molecule has 4 nitrogen and oxygen atoms in total. The number of aryl methyl sites for hydroxylation is 1. The fourth-order valence-electron chi connectivity index (χ4n) is 2.98. The topological polar surface area (TPSA) is 49.4 Å². The third kappa shape index (κ3) is 6.38. The summed E-state index contributed by atoms with van der Waals surface area (Å²) in [6, 6.07) is 14.7. The molecule has 150 valence electrons. The number of benzene rings is 2. The van der Waals surface area contributed by atoms with Crippen molar-refractivity contribution in [2.75, 3.05) is 6.54 Å². The van der Waals surface area contributed by atoms with E-state index in [1.807, 2.05) is 43.3 Å². The van der Waals surface area contributed by atoms with Crippen LogP contribution in [0.4, 0.5) is 0 Å². The molecule has 5 heteroatoms. The van der Waals surface area contributed by atoms with Gasteiger partial charge in [0.1, 0.15) is 6.04 Å². The lowest BCUT2D eigenvalue weighted by Gasteiger charge is -2.29. The Labute approximate surface area is 172 Å². The highest BCUT2D eigenvalue weighted by Gasteiger charge is 2.26. The molecule has 1 atom stereocenters. The van der Waals surface area contributed by atoms with Crippen LogP contribution in [0.3, 0.4) is 0 Å². The van der Waals surface area contributed by atoms with Crippen molar-refractivity contribution in [1.82, 2.24) is 10.2 Å². The molecule has 0 aromatic heterocycles. The second-order valence-electron chi connectivity index (χ2n) is 7.07. The molecule has 2 aromatic rings. The van der Waals surface area contributed by atoms with Crippen LogP contribution >= 0.6 is 11.6 Å². The van der Waals surface area contributed by atoms with Crippen molar-refractivity contribution in [1.29, 1.82) is 0 Å². The minimum Gasteiger partial charge on any atom is -0.354 e. The minimum absolute atomic E-state index is 0.0672. The summed E-state index contributed by atoms with van der Waals surface area (Å²) in [6.07, 6.45) is 2.20. The monoisotopic (exact) mass is 400 g/mol. The first-order chi connectivity index (χ1) is 13.4. The number of nitrogens with zero attached hydrogens (tertiary/aromatic N) is 1. The minimum atomic E-state index is -0.552. The van der Waals surface area contributed by atoms with Gasteiger partial charge in [0.2, 0.25) is 11.8 Å². The van der Waals surface area contributed by atoms with Gasteiger partial charge < -0.3 is 10.2 Å². The van der Waals surface area contributed by atoms with E-state index in [0.29, 0.717) is 18.1 Å². The van der Waals surface area contributed by atoms with E-state index in [2.05, 4.69) is 12.2 Å². The molecule has 0 aliphatic heterocycles. The molecule has 0 fully saturated rings. The van der Waals surface area contributed by atoms with Gasteiger partial charge in [-0.1, -0.05) is 61.3 Å². The van der Waals surface area contributed by atoms with Crippen molar-refractivity contribution >= 4 is 23.4 Å². The largest absolute Gasteiger partial charge is 0.354 e. The lowest BCUT2D eigenvalue weighted by atomic mass is 10.0. The normalized spacial score (nSPS) is 11.7. The fourth-order valence-corrected chi connectivity index (χ4v) is 3.10.